The highest BCUT2D eigenvalue weighted by Gasteiger charge is 2.46. The molecular weight excluding hydrogens is 553 g/mol. The number of halogens is 9. The lowest BCUT2D eigenvalue weighted by molar-refractivity contribution is -0.330. The molecular formula is C24H28F9NO5. The molecule has 2 unspecified atom stereocenters. The van der Waals surface area contributed by atoms with Gasteiger partial charge in [-0.15, -0.1) is 39.5 Å². The summed E-state index contributed by atoms with van der Waals surface area (Å²) in [6, 6.07) is 2.18. The summed E-state index contributed by atoms with van der Waals surface area (Å²) in [6.45, 7) is 1.16. The minimum atomic E-state index is -5.30. The zero-order chi connectivity index (χ0) is 29.8. The van der Waals surface area contributed by atoms with Crippen LogP contribution in [0.2, 0.25) is 0 Å². The molecule has 1 aromatic rings. The Bertz CT molecular complexity index is 1000. The summed E-state index contributed by atoms with van der Waals surface area (Å²) in [4.78, 5) is 25.2. The van der Waals surface area contributed by atoms with Gasteiger partial charge < -0.3 is 4.74 Å². The average molecular weight is 581 g/mol. The number of ether oxygens (including phenoxy) is 3. The third-order valence-corrected chi connectivity index (χ3v) is 5.78. The van der Waals surface area contributed by atoms with E-state index in [9.17, 15) is 49.1 Å². The van der Waals surface area contributed by atoms with Crippen molar-refractivity contribution in [2.45, 2.75) is 84.3 Å². The van der Waals surface area contributed by atoms with Gasteiger partial charge in [-0.1, -0.05) is 25.0 Å². The van der Waals surface area contributed by atoms with Gasteiger partial charge in [-0.3, -0.25) is 19.1 Å². The monoisotopic (exact) mass is 581 g/mol. The number of hydrogen-bond donors (Lipinski definition) is 0. The van der Waals surface area contributed by atoms with Gasteiger partial charge >= 0.3 is 25.0 Å². The Labute approximate surface area is 218 Å². The Balaban J connectivity index is 2.40. The van der Waals surface area contributed by atoms with Gasteiger partial charge in [0.05, 0.1) is 19.1 Å². The van der Waals surface area contributed by atoms with E-state index in [-0.39, 0.29) is 18.4 Å². The van der Waals surface area contributed by atoms with E-state index in [0.29, 0.717) is 25.0 Å². The van der Waals surface area contributed by atoms with E-state index in [2.05, 4.69) is 9.47 Å². The molecule has 1 aliphatic carbocycles. The number of alkyl halides is 9. The Hall–Kier alpha value is -2.55. The summed E-state index contributed by atoms with van der Waals surface area (Å²) in [5.74, 6) is -4.39. The fourth-order valence-electron chi connectivity index (χ4n) is 4.19. The largest absolute Gasteiger partial charge is 0.522 e. The van der Waals surface area contributed by atoms with Crippen LogP contribution in [0, 0.1) is 11.8 Å². The Morgan fingerprint density at radius 1 is 0.872 bits per heavy atom. The standard InChI is InChI=1S/C24H28F9NO5/c1-21(2,3)39-20(36)18-7-5-4-6-15(18)11-34(22(25,26)27)19(35)17-9-8-14(12-37-23(28,29)30)10-16(17)13-38-24(31,32)33/h8-10,15,18H,4-7,11-13H2,1-3H3. The van der Waals surface area contributed by atoms with Crippen LogP contribution in [0.1, 0.15) is 67.9 Å². The van der Waals surface area contributed by atoms with Gasteiger partial charge in [0.1, 0.15) is 5.60 Å². The molecule has 2 rings (SSSR count). The Morgan fingerprint density at radius 2 is 1.44 bits per heavy atom. The maximum Gasteiger partial charge on any atom is 0.522 e. The van der Waals surface area contributed by atoms with Crippen molar-refractivity contribution in [1.29, 1.82) is 0 Å². The number of esters is 1. The van der Waals surface area contributed by atoms with Crippen molar-refractivity contribution in [3.05, 3.63) is 34.9 Å². The number of benzene rings is 1. The predicted octanol–water partition coefficient (Wildman–Crippen LogP) is 6.87. The highest BCUT2D eigenvalue weighted by atomic mass is 19.4. The fourth-order valence-corrected chi connectivity index (χ4v) is 4.19. The molecule has 0 heterocycles. The van der Waals surface area contributed by atoms with Crippen molar-refractivity contribution < 1.29 is 63.3 Å². The molecule has 1 aliphatic rings. The van der Waals surface area contributed by atoms with Gasteiger partial charge in [-0.2, -0.15) is 0 Å². The van der Waals surface area contributed by atoms with E-state index in [0.717, 1.165) is 6.07 Å². The first-order valence-corrected chi connectivity index (χ1v) is 11.8. The number of nitrogens with zero attached hydrogens (tertiary/aromatic N) is 1. The lowest BCUT2D eigenvalue weighted by Gasteiger charge is -2.36. The fraction of sp³-hybridized carbons (Fsp3) is 0.667. The van der Waals surface area contributed by atoms with Crippen LogP contribution in [0.5, 0.6) is 0 Å². The summed E-state index contributed by atoms with van der Waals surface area (Å²) in [5, 5.41) is 0. The Morgan fingerprint density at radius 3 is 1.97 bits per heavy atom. The summed E-state index contributed by atoms with van der Waals surface area (Å²) in [6.07, 6.45) is -14.2. The molecule has 0 N–H and O–H groups in total. The summed E-state index contributed by atoms with van der Waals surface area (Å²) < 4.78 is 130. The van der Waals surface area contributed by atoms with E-state index in [4.69, 9.17) is 4.74 Å². The van der Waals surface area contributed by atoms with Crippen LogP contribution < -0.4 is 0 Å². The second-order valence-corrected chi connectivity index (χ2v) is 10.0. The number of amides is 1. The van der Waals surface area contributed by atoms with Gasteiger partial charge in [0.25, 0.3) is 5.91 Å². The second kappa shape index (κ2) is 12.3. The molecule has 1 saturated carbocycles. The molecule has 0 bridgehead atoms. The molecule has 1 aromatic carbocycles. The van der Waals surface area contributed by atoms with E-state index >= 15 is 0 Å². The minimum absolute atomic E-state index is 0.154. The first-order chi connectivity index (χ1) is 17.7. The van der Waals surface area contributed by atoms with Crippen LogP contribution >= 0.6 is 0 Å². The third kappa shape index (κ3) is 10.9. The van der Waals surface area contributed by atoms with Crippen molar-refractivity contribution in [2.75, 3.05) is 6.54 Å². The van der Waals surface area contributed by atoms with Crippen LogP contribution in [0.15, 0.2) is 18.2 Å². The third-order valence-electron chi connectivity index (χ3n) is 5.78. The van der Waals surface area contributed by atoms with E-state index in [1.807, 2.05) is 0 Å². The molecule has 15 heteroatoms. The van der Waals surface area contributed by atoms with Crippen LogP contribution in [-0.4, -0.2) is 47.9 Å². The van der Waals surface area contributed by atoms with Crippen molar-refractivity contribution in [1.82, 2.24) is 4.90 Å². The van der Waals surface area contributed by atoms with E-state index < -0.39 is 84.1 Å². The summed E-state index contributed by atoms with van der Waals surface area (Å²) in [7, 11) is 0. The average Bonchev–Trinajstić information content (AvgIpc) is 2.77. The van der Waals surface area contributed by atoms with E-state index in [1.54, 1.807) is 20.8 Å². The van der Waals surface area contributed by atoms with Crippen LogP contribution in [0.25, 0.3) is 0 Å². The molecule has 0 aliphatic heterocycles. The second-order valence-electron chi connectivity index (χ2n) is 10.0. The predicted molar refractivity (Wildman–Crippen MR) is 117 cm³/mol. The number of hydrogen-bond acceptors (Lipinski definition) is 5. The zero-order valence-electron chi connectivity index (χ0n) is 21.2. The van der Waals surface area contributed by atoms with Gasteiger partial charge in [-0.05, 0) is 56.7 Å². The zero-order valence-corrected chi connectivity index (χ0v) is 21.2. The van der Waals surface area contributed by atoms with Gasteiger partial charge in [0, 0.05) is 12.1 Å². The van der Waals surface area contributed by atoms with Gasteiger partial charge in [0.2, 0.25) is 0 Å². The molecule has 0 saturated heterocycles. The maximum atomic E-state index is 14.1. The molecule has 1 amide bonds. The first kappa shape index (κ1) is 32.7. The van der Waals surface area contributed by atoms with Crippen molar-refractivity contribution in [3.8, 4) is 0 Å². The number of rotatable bonds is 8. The van der Waals surface area contributed by atoms with Gasteiger partial charge in [0.15, 0.2) is 0 Å². The molecule has 0 spiro atoms. The van der Waals surface area contributed by atoms with Crippen LogP contribution in [0.3, 0.4) is 0 Å². The highest BCUT2D eigenvalue weighted by Crippen LogP contribution is 2.36. The normalized spacial score (nSPS) is 19.1. The lowest BCUT2D eigenvalue weighted by atomic mass is 9.78. The number of carbonyl (C=O) groups is 2. The topological polar surface area (TPSA) is 65.1 Å². The van der Waals surface area contributed by atoms with E-state index in [1.165, 1.54) is 0 Å². The van der Waals surface area contributed by atoms with Crippen molar-refractivity contribution in [3.63, 3.8) is 0 Å². The first-order valence-electron chi connectivity index (χ1n) is 11.8. The SMILES string of the molecule is CC(C)(C)OC(=O)C1CCCCC1CN(C(=O)c1ccc(COC(F)(F)F)cc1COC(F)(F)F)C(F)(F)F. The summed E-state index contributed by atoms with van der Waals surface area (Å²) in [5.41, 5.74) is -2.87. The molecule has 2 atom stereocenters. The van der Waals surface area contributed by atoms with Crippen molar-refractivity contribution >= 4 is 11.9 Å². The Kier molecular flexibility index (Phi) is 10.3. The highest BCUT2D eigenvalue weighted by molar-refractivity contribution is 5.96. The van der Waals surface area contributed by atoms with Crippen LogP contribution in [0.4, 0.5) is 39.5 Å². The van der Waals surface area contributed by atoms with Gasteiger partial charge in [-0.25, -0.2) is 4.90 Å². The number of carbonyl (C=O) groups excluding carboxylic acids is 2. The van der Waals surface area contributed by atoms with Crippen LogP contribution in [-0.2, 0) is 32.2 Å². The molecule has 39 heavy (non-hydrogen) atoms. The smallest absolute Gasteiger partial charge is 0.460 e. The quantitative estimate of drug-likeness (QED) is 0.191. The minimum Gasteiger partial charge on any atom is -0.460 e. The molecule has 0 radical (unpaired) electrons. The molecule has 222 valence electrons. The summed E-state index contributed by atoms with van der Waals surface area (Å²) >= 11 is 0. The maximum absolute atomic E-state index is 14.1. The molecule has 6 nitrogen and oxygen atoms in total. The lowest BCUT2D eigenvalue weighted by Crippen LogP contribution is -2.48. The molecule has 1 fully saturated rings. The molecule has 0 aromatic heterocycles. The van der Waals surface area contributed by atoms with Crippen molar-refractivity contribution in [2.24, 2.45) is 11.8 Å².